The van der Waals surface area contributed by atoms with E-state index in [4.69, 9.17) is 14.2 Å². The molecule has 24 heavy (non-hydrogen) atoms. The summed E-state index contributed by atoms with van der Waals surface area (Å²) in [5.74, 6) is 1.50. The van der Waals surface area contributed by atoms with Crippen molar-refractivity contribution in [2.75, 3.05) is 39.8 Å². The summed E-state index contributed by atoms with van der Waals surface area (Å²) in [6.07, 6.45) is 0. The lowest BCUT2D eigenvalue weighted by molar-refractivity contribution is 0.0931. The second kappa shape index (κ2) is 8.68. The van der Waals surface area contributed by atoms with Crippen molar-refractivity contribution in [3.63, 3.8) is 0 Å². The number of nitrogens with zero attached hydrogens (tertiary/aromatic N) is 2. The first-order valence-corrected chi connectivity index (χ1v) is 7.28. The van der Waals surface area contributed by atoms with Crippen LogP contribution >= 0.6 is 0 Å². The molecule has 0 saturated carbocycles. The van der Waals surface area contributed by atoms with E-state index in [1.165, 1.54) is 0 Å². The third-order valence-corrected chi connectivity index (χ3v) is 3.16. The number of aromatic nitrogens is 2. The molecule has 0 bridgehead atoms. The number of carbonyl (C=O) groups is 1. The van der Waals surface area contributed by atoms with E-state index in [0.29, 0.717) is 36.2 Å². The summed E-state index contributed by atoms with van der Waals surface area (Å²) in [6.45, 7) is 0.854. The van der Waals surface area contributed by atoms with Crippen LogP contribution < -0.4 is 20.1 Å². The lowest BCUT2D eigenvalue weighted by Crippen LogP contribution is -2.27. The predicted molar refractivity (Wildman–Crippen MR) is 89.1 cm³/mol. The standard InChI is InChI=1S/C16H20N4O4/c1-22-9-8-17-16(21)12-5-7-15(20-19-12)18-13-10-11(23-2)4-6-14(13)24-3/h4-7,10H,8-9H2,1-3H3,(H,17,21)(H,18,20). The minimum absolute atomic E-state index is 0.231. The molecule has 128 valence electrons. The molecule has 0 saturated heterocycles. The first-order chi connectivity index (χ1) is 11.7. The van der Waals surface area contributed by atoms with Crippen LogP contribution in [-0.2, 0) is 4.74 Å². The van der Waals surface area contributed by atoms with Gasteiger partial charge in [0.25, 0.3) is 5.91 Å². The van der Waals surface area contributed by atoms with Crippen LogP contribution in [0.25, 0.3) is 0 Å². The van der Waals surface area contributed by atoms with Crippen LogP contribution in [-0.4, -0.2) is 50.6 Å². The summed E-state index contributed by atoms with van der Waals surface area (Å²) >= 11 is 0. The molecular weight excluding hydrogens is 312 g/mol. The predicted octanol–water partition coefficient (Wildman–Crippen LogP) is 1.61. The van der Waals surface area contributed by atoms with Crippen molar-refractivity contribution in [2.45, 2.75) is 0 Å². The summed E-state index contributed by atoms with van der Waals surface area (Å²) in [6, 6.07) is 8.61. The lowest BCUT2D eigenvalue weighted by atomic mass is 10.2. The zero-order chi connectivity index (χ0) is 17.4. The van der Waals surface area contributed by atoms with Crippen molar-refractivity contribution in [2.24, 2.45) is 0 Å². The summed E-state index contributed by atoms with van der Waals surface area (Å²) in [5, 5.41) is 13.7. The van der Waals surface area contributed by atoms with Gasteiger partial charge in [0.1, 0.15) is 11.5 Å². The Morgan fingerprint density at radius 2 is 1.92 bits per heavy atom. The highest BCUT2D eigenvalue weighted by molar-refractivity contribution is 5.92. The van der Waals surface area contributed by atoms with Gasteiger partial charge in [0, 0.05) is 19.7 Å². The van der Waals surface area contributed by atoms with E-state index < -0.39 is 0 Å². The fourth-order valence-electron chi connectivity index (χ4n) is 1.93. The van der Waals surface area contributed by atoms with Crippen molar-refractivity contribution in [1.82, 2.24) is 15.5 Å². The number of hydrogen-bond donors (Lipinski definition) is 2. The normalized spacial score (nSPS) is 10.1. The largest absolute Gasteiger partial charge is 0.497 e. The number of ether oxygens (including phenoxy) is 3. The molecule has 0 aliphatic heterocycles. The highest BCUT2D eigenvalue weighted by atomic mass is 16.5. The molecule has 8 heteroatoms. The molecule has 8 nitrogen and oxygen atoms in total. The van der Waals surface area contributed by atoms with E-state index in [0.717, 1.165) is 0 Å². The van der Waals surface area contributed by atoms with Crippen molar-refractivity contribution in [1.29, 1.82) is 0 Å². The molecule has 0 spiro atoms. The maximum Gasteiger partial charge on any atom is 0.271 e. The Labute approximate surface area is 140 Å². The average molecular weight is 332 g/mol. The fraction of sp³-hybridized carbons (Fsp3) is 0.312. The number of hydrogen-bond acceptors (Lipinski definition) is 7. The Balaban J connectivity index is 2.07. The zero-order valence-electron chi connectivity index (χ0n) is 13.8. The molecule has 0 aliphatic rings. The molecule has 2 aromatic rings. The van der Waals surface area contributed by atoms with Gasteiger partial charge in [-0.25, -0.2) is 0 Å². The maximum absolute atomic E-state index is 11.8. The SMILES string of the molecule is COCCNC(=O)c1ccc(Nc2cc(OC)ccc2OC)nn1. The van der Waals surface area contributed by atoms with E-state index in [-0.39, 0.29) is 11.6 Å². The fourth-order valence-corrected chi connectivity index (χ4v) is 1.93. The quantitative estimate of drug-likeness (QED) is 0.709. The van der Waals surface area contributed by atoms with Gasteiger partial charge in [-0.15, -0.1) is 10.2 Å². The van der Waals surface area contributed by atoms with E-state index in [1.54, 1.807) is 51.7 Å². The number of anilines is 2. The molecule has 1 aromatic heterocycles. The van der Waals surface area contributed by atoms with Crippen LogP contribution in [0.15, 0.2) is 30.3 Å². The zero-order valence-corrected chi connectivity index (χ0v) is 13.8. The van der Waals surface area contributed by atoms with Crippen molar-refractivity contribution in [3.8, 4) is 11.5 Å². The molecule has 0 fully saturated rings. The number of benzene rings is 1. The first kappa shape index (κ1) is 17.5. The second-order valence-corrected chi connectivity index (χ2v) is 4.74. The minimum atomic E-state index is -0.301. The van der Waals surface area contributed by atoms with Crippen LogP contribution in [0.3, 0.4) is 0 Å². The molecule has 2 N–H and O–H groups in total. The van der Waals surface area contributed by atoms with Gasteiger partial charge in [0.05, 0.1) is 26.5 Å². The molecule has 1 heterocycles. The van der Waals surface area contributed by atoms with E-state index in [2.05, 4.69) is 20.8 Å². The van der Waals surface area contributed by atoms with Crippen LogP contribution in [0.2, 0.25) is 0 Å². The number of rotatable bonds is 8. The molecule has 0 unspecified atom stereocenters. The molecule has 1 aromatic carbocycles. The highest BCUT2D eigenvalue weighted by Gasteiger charge is 2.09. The topological polar surface area (TPSA) is 94.6 Å². The second-order valence-electron chi connectivity index (χ2n) is 4.74. The van der Waals surface area contributed by atoms with Gasteiger partial charge in [-0.2, -0.15) is 0 Å². The molecule has 0 aliphatic carbocycles. The van der Waals surface area contributed by atoms with Crippen molar-refractivity contribution >= 4 is 17.4 Å². The van der Waals surface area contributed by atoms with Gasteiger partial charge in [-0.1, -0.05) is 0 Å². The summed E-state index contributed by atoms with van der Waals surface area (Å²) in [4.78, 5) is 11.8. The molecule has 0 radical (unpaired) electrons. The van der Waals surface area contributed by atoms with Crippen LogP contribution in [0.1, 0.15) is 10.5 Å². The Kier molecular flexibility index (Phi) is 6.32. The first-order valence-electron chi connectivity index (χ1n) is 7.28. The van der Waals surface area contributed by atoms with Crippen molar-refractivity contribution in [3.05, 3.63) is 36.0 Å². The Bertz CT molecular complexity index is 676. The Morgan fingerprint density at radius 3 is 2.54 bits per heavy atom. The number of amides is 1. The maximum atomic E-state index is 11.8. The van der Waals surface area contributed by atoms with Gasteiger partial charge in [0.15, 0.2) is 11.5 Å². The highest BCUT2D eigenvalue weighted by Crippen LogP contribution is 2.30. The van der Waals surface area contributed by atoms with Crippen LogP contribution in [0.4, 0.5) is 11.5 Å². The molecule has 2 rings (SSSR count). The third kappa shape index (κ3) is 4.56. The van der Waals surface area contributed by atoms with Crippen LogP contribution in [0, 0.1) is 0 Å². The van der Waals surface area contributed by atoms with E-state index >= 15 is 0 Å². The average Bonchev–Trinajstić information content (AvgIpc) is 2.62. The molecule has 0 atom stereocenters. The number of nitrogens with one attached hydrogen (secondary N) is 2. The Morgan fingerprint density at radius 1 is 1.08 bits per heavy atom. The monoisotopic (exact) mass is 332 g/mol. The smallest absolute Gasteiger partial charge is 0.271 e. The van der Waals surface area contributed by atoms with Gasteiger partial charge >= 0.3 is 0 Å². The number of carbonyl (C=O) groups excluding carboxylic acids is 1. The molecule has 1 amide bonds. The summed E-state index contributed by atoms with van der Waals surface area (Å²) in [5.41, 5.74) is 0.915. The van der Waals surface area contributed by atoms with Gasteiger partial charge in [0.2, 0.25) is 0 Å². The molecular formula is C16H20N4O4. The minimum Gasteiger partial charge on any atom is -0.497 e. The number of methoxy groups -OCH3 is 3. The Hall–Kier alpha value is -2.87. The lowest BCUT2D eigenvalue weighted by Gasteiger charge is -2.12. The summed E-state index contributed by atoms with van der Waals surface area (Å²) < 4.78 is 15.4. The summed E-state index contributed by atoms with van der Waals surface area (Å²) in [7, 11) is 4.73. The van der Waals surface area contributed by atoms with Crippen molar-refractivity contribution < 1.29 is 19.0 Å². The van der Waals surface area contributed by atoms with Crippen LogP contribution in [0.5, 0.6) is 11.5 Å². The van der Waals surface area contributed by atoms with Gasteiger partial charge < -0.3 is 24.8 Å². The third-order valence-electron chi connectivity index (χ3n) is 3.16. The van der Waals surface area contributed by atoms with E-state index in [1.807, 2.05) is 0 Å². The van der Waals surface area contributed by atoms with Gasteiger partial charge in [-0.05, 0) is 24.3 Å². The van der Waals surface area contributed by atoms with E-state index in [9.17, 15) is 4.79 Å². The van der Waals surface area contributed by atoms with Gasteiger partial charge in [-0.3, -0.25) is 4.79 Å².